The van der Waals surface area contributed by atoms with Crippen LogP contribution in [0, 0.1) is 6.92 Å². The van der Waals surface area contributed by atoms with E-state index < -0.39 is 11.9 Å². The summed E-state index contributed by atoms with van der Waals surface area (Å²) in [4.78, 5) is 31.0. The predicted molar refractivity (Wildman–Crippen MR) is 148 cm³/mol. The van der Waals surface area contributed by atoms with E-state index in [2.05, 4.69) is 47.6 Å². The van der Waals surface area contributed by atoms with Crippen LogP contribution < -0.4 is 0 Å². The zero-order valence-electron chi connectivity index (χ0n) is 21.5. The first-order chi connectivity index (χ1) is 17.9. The van der Waals surface area contributed by atoms with Gasteiger partial charge in [-0.2, -0.15) is 16.6 Å². The van der Waals surface area contributed by atoms with Crippen molar-refractivity contribution in [1.29, 1.82) is 0 Å². The molecule has 0 radical (unpaired) electrons. The van der Waals surface area contributed by atoms with Crippen LogP contribution in [0.1, 0.15) is 74.6 Å². The molecule has 0 atom stereocenters. The molecular formula is C25H34BrClN6O4Zn. The summed E-state index contributed by atoms with van der Waals surface area (Å²) >= 11 is 9.94. The normalized spacial score (nSPS) is 9.61. The Balaban J connectivity index is 0.000000606. The second-order valence-corrected chi connectivity index (χ2v) is 7.42. The van der Waals surface area contributed by atoms with Gasteiger partial charge in [-0.15, -0.1) is 0 Å². The topological polar surface area (TPSA) is 113 Å². The zero-order valence-corrected chi connectivity index (χ0v) is 26.8. The van der Waals surface area contributed by atoms with Gasteiger partial charge in [-0.05, 0) is 44.5 Å². The van der Waals surface area contributed by atoms with Gasteiger partial charge in [0.15, 0.2) is 22.7 Å². The molecule has 0 spiro atoms. The summed E-state index contributed by atoms with van der Waals surface area (Å²) < 4.78 is 12.8. The van der Waals surface area contributed by atoms with Crippen LogP contribution in [0.2, 0.25) is 5.15 Å². The van der Waals surface area contributed by atoms with Crippen molar-refractivity contribution in [2.75, 3.05) is 13.2 Å². The summed E-state index contributed by atoms with van der Waals surface area (Å²) in [6, 6.07) is 7.08. The Bertz CT molecular complexity index is 1270. The number of fused-ring (bicyclic) bond motifs is 2. The number of carbonyl (C=O) groups is 2. The molecule has 0 fully saturated rings. The third-order valence-electron chi connectivity index (χ3n) is 4.14. The Labute approximate surface area is 245 Å². The number of esters is 2. The van der Waals surface area contributed by atoms with E-state index in [0.29, 0.717) is 35.4 Å². The molecule has 0 aliphatic carbocycles. The van der Waals surface area contributed by atoms with Crippen LogP contribution >= 0.6 is 25.2 Å². The molecule has 4 heterocycles. The first-order valence-corrected chi connectivity index (χ1v) is 19.0. The van der Waals surface area contributed by atoms with Crippen molar-refractivity contribution >= 4 is 48.5 Å². The fraction of sp³-hybridized carbons (Fsp3) is 0.400. The van der Waals surface area contributed by atoms with E-state index in [-0.39, 0.29) is 13.1 Å². The number of aromatic nitrogens is 6. The Morgan fingerprint density at radius 2 is 1.34 bits per heavy atom. The van der Waals surface area contributed by atoms with Crippen molar-refractivity contribution in [2.45, 2.75) is 54.4 Å². The van der Waals surface area contributed by atoms with Gasteiger partial charge in [0.05, 0.1) is 31.3 Å². The fourth-order valence-corrected chi connectivity index (χ4v) is 2.92. The van der Waals surface area contributed by atoms with E-state index in [1.165, 1.54) is 27.1 Å². The minimum absolute atomic E-state index is 0. The molecule has 0 aromatic carbocycles. The van der Waals surface area contributed by atoms with Crippen LogP contribution in [0.25, 0.3) is 11.3 Å². The zero-order chi connectivity index (χ0) is 27.8. The standard InChI is InChI=1S/C12H15N3O2.C9H8ClN3O2.C3H7.CH4.BrH.Zn/c1-3-5-9-6-7-11-13-10(8-15(11)14-9)12(16)17-4-2;1-2-15-9(14)6-5-13-8(11-6)4-3-7(10)12-13;1-3-2;;;/h6-8H,3-5H2,1-2H3;3-5H,2H2,1H3;1,3H2,2H3;1H4;1H;/q;;-1;;;+2/p-1. The van der Waals surface area contributed by atoms with Crippen LogP contribution in [0.5, 0.6) is 0 Å². The molecule has 0 unspecified atom stereocenters. The molecule has 0 amide bonds. The number of imidazole rings is 2. The number of hydrogen-bond donors (Lipinski definition) is 0. The third-order valence-corrected chi connectivity index (χ3v) is 4.34. The monoisotopic (exact) mass is 660 g/mol. The summed E-state index contributed by atoms with van der Waals surface area (Å²) in [5.41, 5.74) is 2.74. The van der Waals surface area contributed by atoms with Crippen molar-refractivity contribution < 1.29 is 35.4 Å². The average Bonchev–Trinajstić information content (AvgIpc) is 3.50. The molecule has 38 heavy (non-hydrogen) atoms. The second-order valence-electron chi connectivity index (χ2n) is 7.03. The number of carbonyl (C=O) groups excluding carboxylic acids is 2. The van der Waals surface area contributed by atoms with Crippen LogP contribution in [0.15, 0.2) is 36.7 Å². The van der Waals surface area contributed by atoms with Crippen molar-refractivity contribution in [3.8, 4) is 0 Å². The molecule has 4 aromatic rings. The first-order valence-electron chi connectivity index (χ1n) is 11.6. The maximum absolute atomic E-state index is 11.5. The van der Waals surface area contributed by atoms with Gasteiger partial charge < -0.3 is 16.4 Å². The Kier molecular flexibility index (Phi) is 18.4. The summed E-state index contributed by atoms with van der Waals surface area (Å²) in [5.74, 6) is -0.867. The first kappa shape index (κ1) is 35.6. The summed E-state index contributed by atoms with van der Waals surface area (Å²) in [5, 5.41) is 8.67. The van der Waals surface area contributed by atoms with Crippen molar-refractivity contribution in [3.63, 3.8) is 0 Å². The van der Waals surface area contributed by atoms with Crippen LogP contribution in [-0.4, -0.2) is 54.3 Å². The molecule has 0 N–H and O–H groups in total. The van der Waals surface area contributed by atoms with Crippen LogP contribution in [-0.2, 0) is 32.2 Å². The van der Waals surface area contributed by atoms with Crippen molar-refractivity contribution in [1.82, 2.24) is 29.2 Å². The number of ether oxygens (including phenoxy) is 2. The van der Waals surface area contributed by atoms with E-state index in [1.54, 1.807) is 36.7 Å². The molecule has 10 nitrogen and oxygen atoms in total. The Morgan fingerprint density at radius 3 is 1.79 bits per heavy atom. The predicted octanol–water partition coefficient (Wildman–Crippen LogP) is 6.13. The van der Waals surface area contributed by atoms with E-state index in [0.717, 1.165) is 25.0 Å². The molecule has 0 saturated heterocycles. The number of halogens is 2. The van der Waals surface area contributed by atoms with Crippen molar-refractivity contribution in [2.24, 2.45) is 0 Å². The number of hydrogen-bond acceptors (Lipinski definition) is 8. The summed E-state index contributed by atoms with van der Waals surface area (Å²) in [6.07, 6.45) is 6.05. The molecule has 4 aromatic heterocycles. The molecule has 4 rings (SSSR count). The molecule has 204 valence electrons. The van der Waals surface area contributed by atoms with Gasteiger partial charge in [0.25, 0.3) is 0 Å². The van der Waals surface area contributed by atoms with Crippen LogP contribution in [0.3, 0.4) is 0 Å². The van der Waals surface area contributed by atoms with E-state index >= 15 is 0 Å². The van der Waals surface area contributed by atoms with Gasteiger partial charge in [0, 0.05) is 0 Å². The van der Waals surface area contributed by atoms with Gasteiger partial charge in [-0.1, -0.05) is 39.3 Å². The fourth-order valence-electron chi connectivity index (χ4n) is 2.78. The van der Waals surface area contributed by atoms with Gasteiger partial charge in [-0.3, -0.25) is 0 Å². The van der Waals surface area contributed by atoms with E-state index in [9.17, 15) is 9.59 Å². The molecular weight excluding hydrogens is 629 g/mol. The second kappa shape index (κ2) is 19.6. The van der Waals surface area contributed by atoms with E-state index in [1.807, 2.05) is 19.1 Å². The summed E-state index contributed by atoms with van der Waals surface area (Å²) in [6.45, 7) is 11.8. The molecule has 0 saturated carbocycles. The van der Waals surface area contributed by atoms with Gasteiger partial charge in [0.1, 0.15) is 5.15 Å². The number of nitrogens with zero attached hydrogens (tertiary/aromatic N) is 6. The SMILES string of the molecule is C.CCCc1ccc2nc(C(=O)OCC)cn2n1.CCOC(=O)c1cn2nc(Cl)ccc2n1.[CH2-]CC.[Zn+][Br]. The Hall–Kier alpha value is -2.43. The molecule has 0 aliphatic rings. The van der Waals surface area contributed by atoms with Crippen LogP contribution in [0.4, 0.5) is 0 Å². The quantitative estimate of drug-likeness (QED) is 0.138. The summed E-state index contributed by atoms with van der Waals surface area (Å²) in [7, 11) is 0. The number of rotatable bonds is 6. The molecule has 0 bridgehead atoms. The molecule has 13 heteroatoms. The number of aryl methyl sites for hydroxylation is 1. The van der Waals surface area contributed by atoms with Gasteiger partial charge >= 0.3 is 41.9 Å². The van der Waals surface area contributed by atoms with Gasteiger partial charge in [-0.25, -0.2) is 28.6 Å². The maximum atomic E-state index is 11.5. The minimum atomic E-state index is -0.459. The van der Waals surface area contributed by atoms with Gasteiger partial charge in [0.2, 0.25) is 0 Å². The molecule has 0 aliphatic heterocycles. The van der Waals surface area contributed by atoms with E-state index in [4.69, 9.17) is 21.1 Å². The average molecular weight is 663 g/mol. The third kappa shape index (κ3) is 11.1. The van der Waals surface area contributed by atoms with Crippen molar-refractivity contribution in [3.05, 3.63) is 65.8 Å². The Morgan fingerprint density at radius 1 is 0.895 bits per heavy atom.